The standard InChI is InChI=1S/C31H39ClFN5O3/c32-26-17-22(8-9-27(26)33)36-31-30-28(34-21-35-31)18-25(19-29(30)41-23-5-1-2-6-23)40-16-4-10-37-11-13-38(14-12-37)20-24-7-3-15-39-24/h8-9,17-19,21,23-24H,1-7,10-16,20H2,(H,34,35,36). The van der Waals surface area contributed by atoms with Crippen LogP contribution in [-0.2, 0) is 4.74 Å². The van der Waals surface area contributed by atoms with E-state index in [0.29, 0.717) is 30.0 Å². The van der Waals surface area contributed by atoms with Crippen molar-refractivity contribution in [1.82, 2.24) is 19.8 Å². The molecule has 220 valence electrons. The molecule has 1 aromatic heterocycles. The van der Waals surface area contributed by atoms with Crippen LogP contribution < -0.4 is 14.8 Å². The second-order valence-corrected chi connectivity index (χ2v) is 11.7. The molecule has 2 saturated heterocycles. The van der Waals surface area contributed by atoms with Crippen molar-refractivity contribution in [3.8, 4) is 11.5 Å². The first-order valence-electron chi connectivity index (χ1n) is 15.0. The first-order chi connectivity index (χ1) is 20.1. The molecule has 6 rings (SSSR count). The Bertz CT molecular complexity index is 1310. The number of ether oxygens (including phenoxy) is 3. The van der Waals surface area contributed by atoms with E-state index in [9.17, 15) is 4.39 Å². The molecule has 3 heterocycles. The molecule has 10 heteroatoms. The highest BCUT2D eigenvalue weighted by molar-refractivity contribution is 6.31. The van der Waals surface area contributed by atoms with Crippen LogP contribution in [0.3, 0.4) is 0 Å². The van der Waals surface area contributed by atoms with Crippen LogP contribution in [0, 0.1) is 5.82 Å². The summed E-state index contributed by atoms with van der Waals surface area (Å²) in [4.78, 5) is 14.1. The lowest BCUT2D eigenvalue weighted by molar-refractivity contribution is 0.0495. The summed E-state index contributed by atoms with van der Waals surface area (Å²) in [6.07, 6.45) is 9.82. The third kappa shape index (κ3) is 7.38. The zero-order valence-corrected chi connectivity index (χ0v) is 24.3. The largest absolute Gasteiger partial charge is 0.493 e. The highest BCUT2D eigenvalue weighted by Crippen LogP contribution is 2.38. The number of hydrogen-bond acceptors (Lipinski definition) is 8. The van der Waals surface area contributed by atoms with Crippen LogP contribution >= 0.6 is 11.6 Å². The number of anilines is 2. The number of nitrogens with zero attached hydrogens (tertiary/aromatic N) is 4. The van der Waals surface area contributed by atoms with E-state index in [1.165, 1.54) is 25.2 Å². The van der Waals surface area contributed by atoms with Crippen molar-refractivity contribution in [2.75, 3.05) is 57.8 Å². The lowest BCUT2D eigenvalue weighted by Gasteiger charge is -2.35. The maximum Gasteiger partial charge on any atom is 0.145 e. The topological polar surface area (TPSA) is 72.0 Å². The van der Waals surface area contributed by atoms with E-state index in [-0.39, 0.29) is 11.1 Å². The molecular formula is C31H39ClFN5O3. The van der Waals surface area contributed by atoms with Crippen molar-refractivity contribution < 1.29 is 18.6 Å². The smallest absolute Gasteiger partial charge is 0.145 e. The Morgan fingerprint density at radius 3 is 2.61 bits per heavy atom. The second kappa shape index (κ2) is 13.5. The number of benzene rings is 2. The minimum absolute atomic E-state index is 0.0482. The van der Waals surface area contributed by atoms with E-state index in [2.05, 4.69) is 25.1 Å². The number of rotatable bonds is 11. The predicted octanol–water partition coefficient (Wildman–Crippen LogP) is 6.05. The van der Waals surface area contributed by atoms with Crippen molar-refractivity contribution in [3.63, 3.8) is 0 Å². The lowest BCUT2D eigenvalue weighted by Crippen LogP contribution is -2.48. The van der Waals surface area contributed by atoms with E-state index >= 15 is 0 Å². The number of fused-ring (bicyclic) bond motifs is 1. The zero-order valence-electron chi connectivity index (χ0n) is 23.5. The van der Waals surface area contributed by atoms with Gasteiger partial charge in [0, 0.05) is 63.7 Å². The highest BCUT2D eigenvalue weighted by Gasteiger charge is 2.23. The molecule has 2 aliphatic heterocycles. The van der Waals surface area contributed by atoms with E-state index in [1.54, 1.807) is 12.1 Å². The Hall–Kier alpha value is -2.72. The molecule has 41 heavy (non-hydrogen) atoms. The normalized spacial score (nSPS) is 20.6. The van der Waals surface area contributed by atoms with Gasteiger partial charge in [0.1, 0.15) is 29.5 Å². The van der Waals surface area contributed by atoms with Gasteiger partial charge in [-0.25, -0.2) is 14.4 Å². The summed E-state index contributed by atoms with van der Waals surface area (Å²) in [5.41, 5.74) is 1.36. The minimum atomic E-state index is -0.464. The predicted molar refractivity (Wildman–Crippen MR) is 159 cm³/mol. The Morgan fingerprint density at radius 1 is 1.00 bits per heavy atom. The summed E-state index contributed by atoms with van der Waals surface area (Å²) in [7, 11) is 0. The Balaban J connectivity index is 1.09. The van der Waals surface area contributed by atoms with Gasteiger partial charge in [0.2, 0.25) is 0 Å². The first-order valence-corrected chi connectivity index (χ1v) is 15.3. The third-order valence-electron chi connectivity index (χ3n) is 8.29. The van der Waals surface area contributed by atoms with E-state index < -0.39 is 5.82 Å². The molecule has 0 radical (unpaired) electrons. The molecule has 0 amide bonds. The van der Waals surface area contributed by atoms with Crippen LogP contribution in [-0.4, -0.2) is 84.5 Å². The molecule has 1 aliphatic carbocycles. The molecule has 8 nitrogen and oxygen atoms in total. The average molecular weight is 584 g/mol. The van der Waals surface area contributed by atoms with Gasteiger partial charge in [0.05, 0.1) is 34.7 Å². The van der Waals surface area contributed by atoms with E-state index in [4.69, 9.17) is 25.8 Å². The molecule has 0 spiro atoms. The van der Waals surface area contributed by atoms with Gasteiger partial charge in [-0.2, -0.15) is 0 Å². The summed E-state index contributed by atoms with van der Waals surface area (Å²) >= 11 is 6.01. The molecule has 1 saturated carbocycles. The fourth-order valence-electron chi connectivity index (χ4n) is 6.05. The fraction of sp³-hybridized carbons (Fsp3) is 0.548. The first kappa shape index (κ1) is 28.4. The Morgan fingerprint density at radius 2 is 1.83 bits per heavy atom. The summed E-state index contributed by atoms with van der Waals surface area (Å²) in [6.45, 7) is 8.02. The number of nitrogens with one attached hydrogen (secondary N) is 1. The van der Waals surface area contributed by atoms with Crippen molar-refractivity contribution in [2.45, 2.75) is 57.2 Å². The van der Waals surface area contributed by atoms with Crippen LogP contribution in [0.25, 0.3) is 10.9 Å². The zero-order chi connectivity index (χ0) is 28.0. The molecule has 1 unspecified atom stereocenters. The summed E-state index contributed by atoms with van der Waals surface area (Å²) in [6, 6.07) is 8.40. The van der Waals surface area contributed by atoms with E-state index in [1.807, 2.05) is 12.1 Å². The van der Waals surface area contributed by atoms with Crippen molar-refractivity contribution in [3.05, 3.63) is 47.5 Å². The van der Waals surface area contributed by atoms with Crippen LogP contribution in [0.5, 0.6) is 11.5 Å². The average Bonchev–Trinajstić information content (AvgIpc) is 3.69. The molecular weight excluding hydrogens is 545 g/mol. The number of aromatic nitrogens is 2. The fourth-order valence-corrected chi connectivity index (χ4v) is 6.23. The Kier molecular flexibility index (Phi) is 9.35. The van der Waals surface area contributed by atoms with Crippen LogP contribution in [0.4, 0.5) is 15.9 Å². The minimum Gasteiger partial charge on any atom is -0.493 e. The van der Waals surface area contributed by atoms with Crippen molar-refractivity contribution in [2.24, 2.45) is 0 Å². The number of halogens is 2. The molecule has 0 bridgehead atoms. The molecule has 1 N–H and O–H groups in total. The van der Waals surface area contributed by atoms with Gasteiger partial charge in [-0.3, -0.25) is 4.90 Å². The summed E-state index contributed by atoms with van der Waals surface area (Å²) in [5.74, 6) is 1.55. The highest BCUT2D eigenvalue weighted by atomic mass is 35.5. The second-order valence-electron chi connectivity index (χ2n) is 11.3. The maximum atomic E-state index is 13.7. The van der Waals surface area contributed by atoms with Gasteiger partial charge >= 0.3 is 0 Å². The number of hydrogen-bond donors (Lipinski definition) is 1. The third-order valence-corrected chi connectivity index (χ3v) is 8.58. The molecule has 2 aromatic carbocycles. The van der Waals surface area contributed by atoms with Crippen LogP contribution in [0.1, 0.15) is 44.9 Å². The van der Waals surface area contributed by atoms with Gasteiger partial charge in [0.15, 0.2) is 0 Å². The van der Waals surface area contributed by atoms with E-state index in [0.717, 1.165) is 94.6 Å². The monoisotopic (exact) mass is 583 g/mol. The van der Waals surface area contributed by atoms with Gasteiger partial charge in [0.25, 0.3) is 0 Å². The summed E-state index contributed by atoms with van der Waals surface area (Å²) in [5, 5.41) is 4.09. The Labute approximate surface area is 246 Å². The molecule has 3 aliphatic rings. The molecule has 3 fully saturated rings. The van der Waals surface area contributed by atoms with Crippen molar-refractivity contribution in [1.29, 1.82) is 0 Å². The van der Waals surface area contributed by atoms with Crippen LogP contribution in [0.15, 0.2) is 36.7 Å². The quantitative estimate of drug-likeness (QED) is 0.273. The lowest BCUT2D eigenvalue weighted by atomic mass is 10.2. The molecule has 3 aromatic rings. The molecule has 1 atom stereocenters. The van der Waals surface area contributed by atoms with Crippen molar-refractivity contribution >= 4 is 34.0 Å². The van der Waals surface area contributed by atoms with Gasteiger partial charge in [-0.05, 0) is 63.1 Å². The van der Waals surface area contributed by atoms with Crippen LogP contribution in [0.2, 0.25) is 5.02 Å². The summed E-state index contributed by atoms with van der Waals surface area (Å²) < 4.78 is 32.3. The SMILES string of the molecule is Fc1ccc(Nc2ncnc3cc(OCCCN4CCN(CC5CCCO5)CC4)cc(OC4CCCC4)c23)cc1Cl. The van der Waals surface area contributed by atoms with Gasteiger partial charge in [-0.15, -0.1) is 0 Å². The maximum absolute atomic E-state index is 13.7. The van der Waals surface area contributed by atoms with Gasteiger partial charge < -0.3 is 24.4 Å². The number of piperazine rings is 1. The van der Waals surface area contributed by atoms with Gasteiger partial charge in [-0.1, -0.05) is 11.6 Å².